The Bertz CT molecular complexity index is 673. The zero-order chi connectivity index (χ0) is 17.5. The number of aromatic nitrogens is 1. The van der Waals surface area contributed by atoms with Crippen LogP contribution >= 0.6 is 0 Å². The normalized spacial score (nSPS) is 15.2. The van der Waals surface area contributed by atoms with Gasteiger partial charge in [-0.05, 0) is 57.3 Å². The second kappa shape index (κ2) is 8.81. The Morgan fingerprint density at radius 1 is 1.28 bits per heavy atom. The molecule has 1 aromatic carbocycles. The molecule has 0 saturated carbocycles. The molecule has 1 aliphatic rings. The lowest BCUT2D eigenvalue weighted by Crippen LogP contribution is -2.30. The van der Waals surface area contributed by atoms with Crippen LogP contribution in [0.15, 0.2) is 34.9 Å². The van der Waals surface area contributed by atoms with Gasteiger partial charge in [-0.2, -0.15) is 0 Å². The number of benzene rings is 1. The summed E-state index contributed by atoms with van der Waals surface area (Å²) in [5.74, 6) is 1.47. The average molecular weight is 341 g/mol. The molecule has 0 aliphatic carbocycles. The van der Waals surface area contributed by atoms with Gasteiger partial charge in [0.25, 0.3) is 0 Å². The Labute approximate surface area is 149 Å². The van der Waals surface area contributed by atoms with Crippen LogP contribution in [0.4, 0.5) is 0 Å². The zero-order valence-corrected chi connectivity index (χ0v) is 14.9. The molecule has 1 aromatic heterocycles. The lowest BCUT2D eigenvalue weighted by Gasteiger charge is -2.22. The van der Waals surface area contributed by atoms with Gasteiger partial charge in [-0.25, -0.2) is 4.98 Å². The van der Waals surface area contributed by atoms with E-state index in [0.717, 1.165) is 30.8 Å². The van der Waals surface area contributed by atoms with Crippen molar-refractivity contribution in [3.05, 3.63) is 41.8 Å². The van der Waals surface area contributed by atoms with Crippen molar-refractivity contribution in [3.8, 4) is 11.5 Å². The van der Waals surface area contributed by atoms with E-state index >= 15 is 0 Å². The number of aryl methyl sites for hydroxylation is 1. The molecular weight excluding hydrogens is 314 g/mol. The van der Waals surface area contributed by atoms with E-state index in [9.17, 15) is 4.79 Å². The molecule has 2 aromatic rings. The second-order valence-corrected chi connectivity index (χ2v) is 6.84. The number of carbonyl (C=O) groups excluding carboxylic acids is 1. The van der Waals surface area contributed by atoms with E-state index in [1.54, 1.807) is 6.26 Å². The van der Waals surface area contributed by atoms with E-state index in [4.69, 9.17) is 4.42 Å². The van der Waals surface area contributed by atoms with Gasteiger partial charge in [0.1, 0.15) is 6.26 Å². The largest absolute Gasteiger partial charge is 0.444 e. The summed E-state index contributed by atoms with van der Waals surface area (Å²) in [6.45, 7) is 4.83. The Morgan fingerprint density at radius 3 is 2.80 bits per heavy atom. The standard InChI is InChI=1S/C20H27N3O2/c1-15-2-5-17(6-3-15)20-23-18(14-25-20)10-13-22-19(24)7-4-16-8-11-21-12-9-16/h2-3,5-6,14,16,21H,4,7-13H2,1H3,(H,22,24). The third-order valence-electron chi connectivity index (χ3n) is 4.79. The van der Waals surface area contributed by atoms with E-state index in [1.807, 2.05) is 24.3 Å². The van der Waals surface area contributed by atoms with E-state index in [2.05, 4.69) is 22.5 Å². The van der Waals surface area contributed by atoms with Crippen molar-refractivity contribution in [2.24, 2.45) is 5.92 Å². The van der Waals surface area contributed by atoms with Crippen molar-refractivity contribution in [1.29, 1.82) is 0 Å². The fraction of sp³-hybridized carbons (Fsp3) is 0.500. The van der Waals surface area contributed by atoms with Crippen LogP contribution in [0.25, 0.3) is 11.5 Å². The van der Waals surface area contributed by atoms with Crippen LogP contribution in [0.5, 0.6) is 0 Å². The summed E-state index contributed by atoms with van der Waals surface area (Å²) in [6.07, 6.45) is 6.36. The number of piperidine rings is 1. The summed E-state index contributed by atoms with van der Waals surface area (Å²) < 4.78 is 5.55. The molecule has 0 unspecified atom stereocenters. The molecule has 0 radical (unpaired) electrons. The van der Waals surface area contributed by atoms with Gasteiger partial charge in [-0.15, -0.1) is 0 Å². The van der Waals surface area contributed by atoms with Gasteiger partial charge in [-0.3, -0.25) is 4.79 Å². The van der Waals surface area contributed by atoms with Gasteiger partial charge < -0.3 is 15.1 Å². The van der Waals surface area contributed by atoms with Gasteiger partial charge >= 0.3 is 0 Å². The Hall–Kier alpha value is -2.14. The van der Waals surface area contributed by atoms with Crippen molar-refractivity contribution < 1.29 is 9.21 Å². The predicted octanol–water partition coefficient (Wildman–Crippen LogP) is 3.09. The molecule has 0 spiro atoms. The van der Waals surface area contributed by atoms with Gasteiger partial charge in [0, 0.05) is 24.9 Å². The van der Waals surface area contributed by atoms with Crippen molar-refractivity contribution >= 4 is 5.91 Å². The SMILES string of the molecule is Cc1ccc(-c2nc(CCNC(=O)CCC3CCNCC3)co2)cc1. The van der Waals surface area contributed by atoms with Crippen molar-refractivity contribution in [3.63, 3.8) is 0 Å². The lowest BCUT2D eigenvalue weighted by molar-refractivity contribution is -0.121. The quantitative estimate of drug-likeness (QED) is 0.812. The maximum atomic E-state index is 12.0. The molecule has 5 nitrogen and oxygen atoms in total. The maximum absolute atomic E-state index is 12.0. The molecule has 0 atom stereocenters. The van der Waals surface area contributed by atoms with E-state index in [-0.39, 0.29) is 5.91 Å². The average Bonchev–Trinajstić information content (AvgIpc) is 3.10. The molecule has 1 aliphatic heterocycles. The highest BCUT2D eigenvalue weighted by atomic mass is 16.3. The molecule has 0 bridgehead atoms. The molecule has 2 heterocycles. The maximum Gasteiger partial charge on any atom is 0.226 e. The zero-order valence-electron chi connectivity index (χ0n) is 14.9. The van der Waals surface area contributed by atoms with Gasteiger partial charge in [0.05, 0.1) is 5.69 Å². The van der Waals surface area contributed by atoms with Crippen molar-refractivity contribution in [2.75, 3.05) is 19.6 Å². The van der Waals surface area contributed by atoms with Crippen molar-refractivity contribution in [1.82, 2.24) is 15.6 Å². The Morgan fingerprint density at radius 2 is 2.04 bits per heavy atom. The summed E-state index contributed by atoms with van der Waals surface area (Å²) in [7, 11) is 0. The highest BCUT2D eigenvalue weighted by Gasteiger charge is 2.14. The fourth-order valence-electron chi connectivity index (χ4n) is 3.17. The summed E-state index contributed by atoms with van der Waals surface area (Å²) in [5, 5.41) is 6.35. The molecular formula is C20H27N3O2. The molecule has 134 valence electrons. The third kappa shape index (κ3) is 5.43. The minimum atomic E-state index is 0.140. The van der Waals surface area contributed by atoms with Crippen LogP contribution in [0, 0.1) is 12.8 Å². The van der Waals surface area contributed by atoms with E-state index < -0.39 is 0 Å². The number of hydrogen-bond donors (Lipinski definition) is 2. The molecule has 2 N–H and O–H groups in total. The Kier molecular flexibility index (Phi) is 6.23. The minimum Gasteiger partial charge on any atom is -0.444 e. The molecule has 5 heteroatoms. The highest BCUT2D eigenvalue weighted by Crippen LogP contribution is 2.19. The number of oxazole rings is 1. The highest BCUT2D eigenvalue weighted by molar-refractivity contribution is 5.75. The molecule has 1 saturated heterocycles. The lowest BCUT2D eigenvalue weighted by atomic mass is 9.93. The van der Waals surface area contributed by atoms with E-state index in [1.165, 1.54) is 18.4 Å². The number of amides is 1. The van der Waals surface area contributed by atoms with Gasteiger partial charge in [0.15, 0.2) is 0 Å². The third-order valence-corrected chi connectivity index (χ3v) is 4.79. The summed E-state index contributed by atoms with van der Waals surface area (Å²) in [6, 6.07) is 8.10. The first-order valence-electron chi connectivity index (χ1n) is 9.19. The smallest absolute Gasteiger partial charge is 0.226 e. The molecule has 1 fully saturated rings. The topological polar surface area (TPSA) is 67.2 Å². The van der Waals surface area contributed by atoms with Crippen LogP contribution in [0.3, 0.4) is 0 Å². The predicted molar refractivity (Wildman–Crippen MR) is 98.2 cm³/mol. The fourth-order valence-corrected chi connectivity index (χ4v) is 3.17. The number of nitrogens with zero attached hydrogens (tertiary/aromatic N) is 1. The summed E-state index contributed by atoms with van der Waals surface area (Å²) >= 11 is 0. The van der Waals surface area contributed by atoms with Crippen LogP contribution in [0.2, 0.25) is 0 Å². The first kappa shape index (κ1) is 17.7. The second-order valence-electron chi connectivity index (χ2n) is 6.84. The van der Waals surface area contributed by atoms with Crippen LogP contribution in [0.1, 0.15) is 36.9 Å². The first-order valence-corrected chi connectivity index (χ1v) is 9.19. The van der Waals surface area contributed by atoms with Gasteiger partial charge in [0.2, 0.25) is 11.8 Å². The number of hydrogen-bond acceptors (Lipinski definition) is 4. The first-order chi connectivity index (χ1) is 12.2. The molecule has 3 rings (SSSR count). The monoisotopic (exact) mass is 341 g/mol. The van der Waals surface area contributed by atoms with Crippen LogP contribution in [-0.4, -0.2) is 30.5 Å². The minimum absolute atomic E-state index is 0.140. The van der Waals surface area contributed by atoms with Crippen LogP contribution < -0.4 is 10.6 Å². The Balaban J connectivity index is 1.38. The van der Waals surface area contributed by atoms with Crippen molar-refractivity contribution in [2.45, 2.75) is 39.0 Å². The molecule has 25 heavy (non-hydrogen) atoms. The van der Waals surface area contributed by atoms with Gasteiger partial charge in [-0.1, -0.05) is 17.7 Å². The number of carbonyl (C=O) groups is 1. The summed E-state index contributed by atoms with van der Waals surface area (Å²) in [4.78, 5) is 16.5. The van der Waals surface area contributed by atoms with E-state index in [0.29, 0.717) is 31.2 Å². The number of nitrogens with one attached hydrogen (secondary N) is 2. The summed E-state index contributed by atoms with van der Waals surface area (Å²) in [5.41, 5.74) is 3.06. The number of rotatable bonds is 7. The molecule has 1 amide bonds. The van der Waals surface area contributed by atoms with Crippen LogP contribution in [-0.2, 0) is 11.2 Å².